The third-order valence-corrected chi connectivity index (χ3v) is 8.90. The maximum absolute atomic E-state index is 14.1. The van der Waals surface area contributed by atoms with E-state index in [0.29, 0.717) is 26.7 Å². The predicted molar refractivity (Wildman–Crippen MR) is 152 cm³/mol. The zero-order valence-electron chi connectivity index (χ0n) is 23.4. The molecule has 0 atom stereocenters. The number of fused-ring (bicyclic) bond motifs is 2. The van der Waals surface area contributed by atoms with Crippen molar-refractivity contribution in [2.24, 2.45) is 0 Å². The summed E-state index contributed by atoms with van der Waals surface area (Å²) in [5.74, 6) is -0.0587. The van der Waals surface area contributed by atoms with Crippen molar-refractivity contribution in [3.05, 3.63) is 67.7 Å². The van der Waals surface area contributed by atoms with Crippen molar-refractivity contribution >= 4 is 33.1 Å². The first-order valence-corrected chi connectivity index (χ1v) is 13.6. The third kappa shape index (κ3) is 4.20. The van der Waals surface area contributed by atoms with Gasteiger partial charge in [-0.3, -0.25) is 9.59 Å². The molecule has 2 aromatic carbocycles. The van der Waals surface area contributed by atoms with Gasteiger partial charge in [-0.15, -0.1) is 0 Å². The molecule has 0 saturated heterocycles. The molecule has 3 nitrogen and oxygen atoms in total. The number of aromatic hydroxyl groups is 1. The summed E-state index contributed by atoms with van der Waals surface area (Å²) in [7, 11) is 0. The molecule has 0 aliphatic heterocycles. The van der Waals surface area contributed by atoms with Gasteiger partial charge in [-0.25, -0.2) is 0 Å². The topological polar surface area (TPSA) is 54.4 Å². The molecule has 36 heavy (non-hydrogen) atoms. The molecule has 0 heterocycles. The van der Waals surface area contributed by atoms with Gasteiger partial charge in [0.15, 0.2) is 5.78 Å². The molecule has 4 rings (SSSR count). The molecule has 0 bridgehead atoms. The van der Waals surface area contributed by atoms with Gasteiger partial charge in [0.25, 0.3) is 0 Å². The van der Waals surface area contributed by atoms with Gasteiger partial charge in [-0.1, -0.05) is 69.2 Å². The van der Waals surface area contributed by atoms with E-state index >= 15 is 0 Å². The summed E-state index contributed by atoms with van der Waals surface area (Å²) >= 11 is 3.53. The summed E-state index contributed by atoms with van der Waals surface area (Å²) in [6, 6.07) is 7.72. The second kappa shape index (κ2) is 8.15. The smallest absolute Gasteiger partial charge is 0.201 e. The van der Waals surface area contributed by atoms with E-state index in [4.69, 9.17) is 0 Å². The summed E-state index contributed by atoms with van der Waals surface area (Å²) < 4.78 is 0.290. The van der Waals surface area contributed by atoms with E-state index < -0.39 is 0 Å². The van der Waals surface area contributed by atoms with Crippen LogP contribution in [0.5, 0.6) is 5.75 Å². The van der Waals surface area contributed by atoms with Crippen LogP contribution < -0.4 is 0 Å². The highest BCUT2D eigenvalue weighted by Gasteiger charge is 2.41. The number of carbonyl (C=O) groups excluding carboxylic acids is 2. The molecular formula is C32H39BrO3. The van der Waals surface area contributed by atoms with Crippen LogP contribution in [-0.4, -0.2) is 16.7 Å². The lowest BCUT2D eigenvalue weighted by Crippen LogP contribution is -2.35. The Labute approximate surface area is 224 Å². The van der Waals surface area contributed by atoms with Crippen molar-refractivity contribution in [3.8, 4) is 5.75 Å². The normalized spacial score (nSPS) is 19.3. The average Bonchev–Trinajstić information content (AvgIpc) is 2.74. The molecule has 1 N–H and O–H groups in total. The van der Waals surface area contributed by atoms with E-state index in [0.717, 1.165) is 35.1 Å². The van der Waals surface area contributed by atoms with E-state index in [9.17, 15) is 14.7 Å². The van der Waals surface area contributed by atoms with E-state index in [1.807, 2.05) is 65.8 Å². The van der Waals surface area contributed by atoms with Gasteiger partial charge in [0, 0.05) is 27.8 Å². The number of phenols is 1. The Balaban J connectivity index is 2.00. The molecule has 0 unspecified atom stereocenters. The zero-order valence-corrected chi connectivity index (χ0v) is 25.0. The van der Waals surface area contributed by atoms with Gasteiger partial charge in [0.05, 0.1) is 4.48 Å². The number of Topliss-reactive ketones (excluding diaryl/α,β-unsaturated/α-hetero) is 2. The van der Waals surface area contributed by atoms with Crippen LogP contribution in [0.2, 0.25) is 0 Å². The minimum Gasteiger partial charge on any atom is -0.507 e. The van der Waals surface area contributed by atoms with E-state index in [2.05, 4.69) is 43.6 Å². The molecule has 2 aliphatic carbocycles. The summed E-state index contributed by atoms with van der Waals surface area (Å²) in [6.07, 6.45) is 2.07. The molecule has 192 valence electrons. The maximum atomic E-state index is 14.1. The van der Waals surface area contributed by atoms with Crippen LogP contribution in [0, 0.1) is 0 Å². The molecule has 4 heteroatoms. The van der Waals surface area contributed by atoms with Crippen LogP contribution in [0.25, 0.3) is 5.57 Å². The van der Waals surface area contributed by atoms with Crippen LogP contribution in [0.3, 0.4) is 0 Å². The van der Waals surface area contributed by atoms with Crippen molar-refractivity contribution in [1.29, 1.82) is 0 Å². The molecule has 0 aromatic heterocycles. The first kappa shape index (κ1) is 26.9. The standard InChI is InChI=1S/C32H39BrO3/c1-29(2,3)22-13-17(14-23(28(22)36)30(4,5)6)24-25(33)27(35)19-16-21-20(15-18(19)26(24)34)31(7,8)11-12-32(21,9)10/h13-16,36H,11-12H2,1-10H3. The van der Waals surface area contributed by atoms with Gasteiger partial charge >= 0.3 is 0 Å². The number of halogens is 1. The Bertz CT molecular complexity index is 1310. The van der Waals surface area contributed by atoms with Gasteiger partial charge in [-0.05, 0) is 91.4 Å². The van der Waals surface area contributed by atoms with Crippen molar-refractivity contribution in [1.82, 2.24) is 0 Å². The Kier molecular flexibility index (Phi) is 6.08. The fraction of sp³-hybridized carbons (Fsp3) is 0.500. The van der Waals surface area contributed by atoms with Crippen LogP contribution >= 0.6 is 15.9 Å². The Hall–Kier alpha value is -2.20. The van der Waals surface area contributed by atoms with Crippen molar-refractivity contribution < 1.29 is 14.7 Å². The van der Waals surface area contributed by atoms with Crippen molar-refractivity contribution in [2.45, 2.75) is 104 Å². The average molecular weight is 552 g/mol. The molecule has 0 amide bonds. The number of allylic oxidation sites excluding steroid dienone is 2. The van der Waals surface area contributed by atoms with Crippen LogP contribution in [0.1, 0.15) is 131 Å². The summed E-state index contributed by atoms with van der Waals surface area (Å²) in [4.78, 5) is 27.9. The molecule has 0 fully saturated rings. The number of benzene rings is 2. The van der Waals surface area contributed by atoms with Crippen molar-refractivity contribution in [2.75, 3.05) is 0 Å². The largest absolute Gasteiger partial charge is 0.507 e. The molecule has 0 spiro atoms. The fourth-order valence-electron chi connectivity index (χ4n) is 5.64. The summed E-state index contributed by atoms with van der Waals surface area (Å²) in [5, 5.41) is 11.2. The number of carbonyl (C=O) groups is 2. The SMILES string of the molecule is CC(C)(C)c1cc(C2=C(Br)C(=O)c3cc4c(cc3C2=O)C(C)(C)CCC4(C)C)cc(C(C)(C)C)c1O. The summed E-state index contributed by atoms with van der Waals surface area (Å²) in [5.41, 5.74) is 5.02. The van der Waals surface area contributed by atoms with Gasteiger partial charge in [0.2, 0.25) is 5.78 Å². The Morgan fingerprint density at radius 1 is 0.722 bits per heavy atom. The highest BCUT2D eigenvalue weighted by atomic mass is 79.9. The van der Waals surface area contributed by atoms with Gasteiger partial charge in [0.1, 0.15) is 5.75 Å². The first-order valence-electron chi connectivity index (χ1n) is 12.8. The van der Waals surface area contributed by atoms with Crippen molar-refractivity contribution in [3.63, 3.8) is 0 Å². The monoisotopic (exact) mass is 550 g/mol. The Morgan fingerprint density at radius 2 is 1.11 bits per heavy atom. The summed E-state index contributed by atoms with van der Waals surface area (Å²) in [6.45, 7) is 21.1. The maximum Gasteiger partial charge on any atom is 0.201 e. The number of ketones is 2. The molecule has 0 saturated carbocycles. The highest BCUT2D eigenvalue weighted by molar-refractivity contribution is 9.12. The minimum absolute atomic E-state index is 0.0557. The van der Waals surface area contributed by atoms with E-state index in [1.54, 1.807) is 0 Å². The third-order valence-electron chi connectivity index (χ3n) is 8.14. The second-order valence-electron chi connectivity index (χ2n) is 14.0. The number of hydrogen-bond donors (Lipinski definition) is 1. The number of rotatable bonds is 1. The lowest BCUT2D eigenvalue weighted by atomic mass is 9.62. The molecule has 2 aliphatic rings. The second-order valence-corrected chi connectivity index (χ2v) is 14.8. The number of phenolic OH excluding ortho intramolecular Hbond substituents is 1. The van der Waals surface area contributed by atoms with Crippen LogP contribution in [0.4, 0.5) is 0 Å². The quantitative estimate of drug-likeness (QED) is 0.387. The fourth-order valence-corrected chi connectivity index (χ4v) is 6.26. The van der Waals surface area contributed by atoms with E-state index in [-0.39, 0.29) is 39.0 Å². The van der Waals surface area contributed by atoms with Gasteiger partial charge < -0.3 is 5.11 Å². The lowest BCUT2D eigenvalue weighted by Gasteiger charge is -2.42. The zero-order chi connectivity index (χ0) is 27.2. The minimum atomic E-state index is -0.346. The van der Waals surface area contributed by atoms with Crippen LogP contribution in [0.15, 0.2) is 28.7 Å². The molecule has 0 radical (unpaired) electrons. The lowest BCUT2D eigenvalue weighted by molar-refractivity contribution is 0.0998. The van der Waals surface area contributed by atoms with Crippen LogP contribution in [-0.2, 0) is 21.7 Å². The predicted octanol–water partition coefficient (Wildman–Crippen LogP) is 8.52. The highest BCUT2D eigenvalue weighted by Crippen LogP contribution is 2.49. The number of hydrogen-bond acceptors (Lipinski definition) is 3. The molecular weight excluding hydrogens is 512 g/mol. The van der Waals surface area contributed by atoms with E-state index in [1.165, 1.54) is 0 Å². The van der Waals surface area contributed by atoms with Gasteiger partial charge in [-0.2, -0.15) is 0 Å². The first-order chi connectivity index (χ1) is 16.3. The Morgan fingerprint density at radius 3 is 1.50 bits per heavy atom. The molecule has 2 aromatic rings.